The van der Waals surface area contributed by atoms with Gasteiger partial charge in [0, 0.05) is 0 Å². The average molecular weight is 242 g/mol. The SMILES string of the molecule is CC[n+]1cc[nH]c1.F[P-](F)(F)(F)(F)F. The van der Waals surface area contributed by atoms with E-state index in [9.17, 15) is 25.2 Å². The molecule has 1 heterocycles. The van der Waals surface area contributed by atoms with E-state index in [0.717, 1.165) is 6.54 Å². The van der Waals surface area contributed by atoms with Crippen LogP contribution < -0.4 is 4.57 Å². The summed E-state index contributed by atoms with van der Waals surface area (Å²) in [6.07, 6.45) is 5.84. The van der Waals surface area contributed by atoms with E-state index in [1.807, 2.05) is 18.7 Å². The molecule has 0 unspecified atom stereocenters. The van der Waals surface area contributed by atoms with Crippen LogP contribution in [0.1, 0.15) is 6.92 Å². The molecule has 9 heteroatoms. The van der Waals surface area contributed by atoms with Crippen molar-refractivity contribution in [2.45, 2.75) is 13.5 Å². The van der Waals surface area contributed by atoms with Crippen molar-refractivity contribution in [3.8, 4) is 0 Å². The van der Waals surface area contributed by atoms with E-state index in [1.54, 1.807) is 0 Å². The molecule has 0 bridgehead atoms. The van der Waals surface area contributed by atoms with Crippen LogP contribution >= 0.6 is 7.81 Å². The molecule has 0 saturated heterocycles. The van der Waals surface area contributed by atoms with Crippen LogP contribution in [0.25, 0.3) is 0 Å². The zero-order chi connectivity index (χ0) is 11.5. The molecule has 1 aromatic rings. The first kappa shape index (κ1) is 13.2. The van der Waals surface area contributed by atoms with Crippen LogP contribution in [0.5, 0.6) is 0 Å². The summed E-state index contributed by atoms with van der Waals surface area (Å²) in [4.78, 5) is 2.94. The minimum atomic E-state index is -10.7. The molecule has 14 heavy (non-hydrogen) atoms. The van der Waals surface area contributed by atoms with Crippen LogP contribution in [0.15, 0.2) is 18.7 Å². The second-order valence-corrected chi connectivity index (χ2v) is 4.32. The number of rotatable bonds is 1. The Labute approximate surface area is 75.8 Å². The Bertz CT molecular complexity index is 261. The Hall–Kier alpha value is -0.780. The molecular formula is C5H9F6N2P. The maximum atomic E-state index is 9.87. The second kappa shape index (κ2) is 3.12. The third-order valence-electron chi connectivity index (χ3n) is 0.968. The van der Waals surface area contributed by atoms with Gasteiger partial charge >= 0.3 is 33.0 Å². The molecule has 86 valence electrons. The molecule has 0 aliphatic rings. The van der Waals surface area contributed by atoms with Gasteiger partial charge in [0.15, 0.2) is 0 Å². The van der Waals surface area contributed by atoms with Crippen LogP contribution in [-0.2, 0) is 6.54 Å². The second-order valence-electron chi connectivity index (χ2n) is 2.40. The number of nitrogens with zero attached hydrogens (tertiary/aromatic N) is 1. The van der Waals surface area contributed by atoms with Crippen LogP contribution in [0.4, 0.5) is 25.2 Å². The van der Waals surface area contributed by atoms with Crippen LogP contribution in [0, 0.1) is 0 Å². The molecule has 0 aromatic carbocycles. The summed E-state index contributed by atoms with van der Waals surface area (Å²) in [6, 6.07) is 0. The van der Waals surface area contributed by atoms with Gasteiger partial charge in [0.05, 0.1) is 6.54 Å². The molecule has 2 nitrogen and oxygen atoms in total. The summed E-state index contributed by atoms with van der Waals surface area (Å²) in [5.41, 5.74) is 0. The van der Waals surface area contributed by atoms with Crippen molar-refractivity contribution in [2.24, 2.45) is 0 Å². The number of halogens is 6. The van der Waals surface area contributed by atoms with Crippen molar-refractivity contribution >= 4 is 7.81 Å². The molecule has 1 rings (SSSR count). The number of imidazole rings is 1. The van der Waals surface area contributed by atoms with E-state index in [1.165, 1.54) is 0 Å². The van der Waals surface area contributed by atoms with Crippen molar-refractivity contribution in [2.75, 3.05) is 0 Å². The first-order valence-corrected chi connectivity index (χ1v) is 5.49. The summed E-state index contributed by atoms with van der Waals surface area (Å²) >= 11 is 0. The first-order chi connectivity index (χ1) is 5.88. The quantitative estimate of drug-likeness (QED) is 0.440. The van der Waals surface area contributed by atoms with Gasteiger partial charge in [-0.15, -0.1) is 0 Å². The fraction of sp³-hybridized carbons (Fsp3) is 0.400. The summed E-state index contributed by atoms with van der Waals surface area (Å²) in [5, 5.41) is 0. The first-order valence-electron chi connectivity index (χ1n) is 3.46. The number of aryl methyl sites for hydroxylation is 1. The molecule has 0 saturated carbocycles. The maximum absolute atomic E-state index is 10.7. The van der Waals surface area contributed by atoms with Crippen LogP contribution in [0.2, 0.25) is 0 Å². The van der Waals surface area contributed by atoms with Gasteiger partial charge in [0.2, 0.25) is 6.33 Å². The molecule has 0 aliphatic carbocycles. The monoisotopic (exact) mass is 242 g/mol. The molecule has 0 radical (unpaired) electrons. The number of hydrogen-bond donors (Lipinski definition) is 1. The Morgan fingerprint density at radius 1 is 1.14 bits per heavy atom. The molecular weight excluding hydrogens is 233 g/mol. The zero-order valence-electron chi connectivity index (χ0n) is 7.10. The van der Waals surface area contributed by atoms with Crippen LogP contribution in [-0.4, -0.2) is 4.98 Å². The van der Waals surface area contributed by atoms with E-state index in [-0.39, 0.29) is 0 Å². The Kier molecular flexibility index (Phi) is 2.94. The predicted molar refractivity (Wildman–Crippen MR) is 40.2 cm³/mol. The molecule has 1 aromatic heterocycles. The van der Waals surface area contributed by atoms with E-state index in [0.29, 0.717) is 0 Å². The number of nitrogens with one attached hydrogen (secondary N) is 1. The van der Waals surface area contributed by atoms with Gasteiger partial charge in [0.1, 0.15) is 12.4 Å². The summed E-state index contributed by atoms with van der Waals surface area (Å²) in [6.45, 7) is 3.15. The molecule has 0 aliphatic heterocycles. The van der Waals surface area contributed by atoms with Gasteiger partial charge in [-0.25, -0.2) is 4.57 Å². The third kappa shape index (κ3) is 17.3. The van der Waals surface area contributed by atoms with Gasteiger partial charge in [-0.05, 0) is 6.92 Å². The van der Waals surface area contributed by atoms with Gasteiger partial charge in [-0.2, -0.15) is 0 Å². The molecule has 0 fully saturated rings. The third-order valence-corrected chi connectivity index (χ3v) is 0.968. The van der Waals surface area contributed by atoms with E-state index in [2.05, 4.69) is 16.5 Å². The number of aromatic nitrogens is 2. The van der Waals surface area contributed by atoms with Gasteiger partial charge in [-0.3, -0.25) is 4.98 Å². The number of aromatic amines is 1. The normalized spacial score (nSPS) is 16.2. The average Bonchev–Trinajstić information content (AvgIpc) is 2.29. The molecule has 0 atom stereocenters. The van der Waals surface area contributed by atoms with Crippen molar-refractivity contribution < 1.29 is 29.7 Å². The Balaban J connectivity index is 0.000000241. The predicted octanol–water partition coefficient (Wildman–Crippen LogP) is 3.70. The van der Waals surface area contributed by atoms with Crippen molar-refractivity contribution in [3.63, 3.8) is 0 Å². The molecule has 0 amide bonds. The van der Waals surface area contributed by atoms with Crippen molar-refractivity contribution in [3.05, 3.63) is 18.7 Å². The summed E-state index contributed by atoms with van der Waals surface area (Å²) in [5.74, 6) is 0. The summed E-state index contributed by atoms with van der Waals surface area (Å²) in [7, 11) is -10.7. The Morgan fingerprint density at radius 2 is 1.57 bits per heavy atom. The summed E-state index contributed by atoms with van der Waals surface area (Å²) < 4.78 is 61.3. The van der Waals surface area contributed by atoms with Gasteiger partial charge in [-0.1, -0.05) is 0 Å². The van der Waals surface area contributed by atoms with Gasteiger partial charge in [0.25, 0.3) is 0 Å². The standard InChI is InChI=1S/C5H8N2.F6P/c1-2-7-4-3-6-5-7;1-7(2,3,4,5)6/h3-5H,2H2,1H3;/q;-1/p+1. The molecule has 1 N–H and O–H groups in total. The number of H-pyrrole nitrogens is 1. The Morgan fingerprint density at radius 3 is 1.71 bits per heavy atom. The fourth-order valence-corrected chi connectivity index (χ4v) is 0.517. The van der Waals surface area contributed by atoms with E-state index < -0.39 is 7.81 Å². The molecule has 0 spiro atoms. The van der Waals surface area contributed by atoms with Crippen LogP contribution in [0.3, 0.4) is 0 Å². The fourth-order valence-electron chi connectivity index (χ4n) is 0.517. The van der Waals surface area contributed by atoms with Crippen molar-refractivity contribution in [1.29, 1.82) is 0 Å². The van der Waals surface area contributed by atoms with E-state index >= 15 is 0 Å². The van der Waals surface area contributed by atoms with E-state index in [4.69, 9.17) is 0 Å². The van der Waals surface area contributed by atoms with Gasteiger partial charge < -0.3 is 0 Å². The zero-order valence-corrected chi connectivity index (χ0v) is 8.00. The van der Waals surface area contributed by atoms with Crippen molar-refractivity contribution in [1.82, 2.24) is 4.98 Å². The topological polar surface area (TPSA) is 19.7 Å². The minimum absolute atomic E-state index is 1.05. The number of hydrogen-bond acceptors (Lipinski definition) is 0.